The minimum absolute atomic E-state index is 0.0571. The molecule has 1 N–H and O–H groups in total. The van der Waals surface area contributed by atoms with E-state index in [4.69, 9.17) is 4.74 Å². The zero-order valence-electron chi connectivity index (χ0n) is 11.9. The third-order valence-corrected chi connectivity index (χ3v) is 5.02. The third-order valence-electron chi connectivity index (χ3n) is 4.32. The summed E-state index contributed by atoms with van der Waals surface area (Å²) in [6.07, 6.45) is 4.49. The number of rotatable bonds is 3. The van der Waals surface area contributed by atoms with Gasteiger partial charge in [-0.1, -0.05) is 0 Å². The van der Waals surface area contributed by atoms with Crippen molar-refractivity contribution in [3.05, 3.63) is 22.4 Å². The van der Waals surface area contributed by atoms with E-state index in [9.17, 15) is 4.79 Å². The van der Waals surface area contributed by atoms with Crippen LogP contribution >= 0.6 is 11.3 Å². The monoisotopic (exact) mass is 294 g/mol. The predicted octanol–water partition coefficient (Wildman–Crippen LogP) is 3.16. The number of hydrogen-bond acceptors (Lipinski definition) is 3. The van der Waals surface area contributed by atoms with E-state index in [1.807, 2.05) is 11.8 Å². The van der Waals surface area contributed by atoms with Gasteiger partial charge in [-0.15, -0.1) is 0 Å². The normalized spacial score (nSPS) is 27.8. The van der Waals surface area contributed by atoms with E-state index >= 15 is 0 Å². The van der Waals surface area contributed by atoms with Crippen LogP contribution in [0.2, 0.25) is 0 Å². The van der Waals surface area contributed by atoms with Crippen LogP contribution in [0.25, 0.3) is 0 Å². The smallest absolute Gasteiger partial charge is 0.318 e. The lowest BCUT2D eigenvalue weighted by Gasteiger charge is -2.28. The molecule has 2 saturated heterocycles. The Labute approximate surface area is 124 Å². The summed E-state index contributed by atoms with van der Waals surface area (Å²) < 4.78 is 5.65. The molecule has 5 heteroatoms. The molecule has 3 atom stereocenters. The number of hydrogen-bond donors (Lipinski definition) is 1. The predicted molar refractivity (Wildman–Crippen MR) is 80.0 cm³/mol. The van der Waals surface area contributed by atoms with Crippen molar-refractivity contribution in [2.45, 2.75) is 50.8 Å². The second-order valence-corrected chi connectivity index (χ2v) is 6.48. The van der Waals surface area contributed by atoms with Crippen LogP contribution in [0.5, 0.6) is 0 Å². The molecule has 3 rings (SSSR count). The third kappa shape index (κ3) is 2.83. The maximum atomic E-state index is 12.5. The maximum absolute atomic E-state index is 12.5. The van der Waals surface area contributed by atoms with Gasteiger partial charge in [-0.25, -0.2) is 4.79 Å². The Morgan fingerprint density at radius 2 is 2.40 bits per heavy atom. The van der Waals surface area contributed by atoms with E-state index < -0.39 is 0 Å². The largest absolute Gasteiger partial charge is 0.376 e. The first kappa shape index (κ1) is 13.9. The number of amides is 2. The summed E-state index contributed by atoms with van der Waals surface area (Å²) in [6.45, 7) is 3.72. The van der Waals surface area contributed by atoms with Gasteiger partial charge in [0.1, 0.15) is 0 Å². The lowest BCUT2D eigenvalue weighted by atomic mass is 10.1. The molecule has 2 amide bonds. The van der Waals surface area contributed by atoms with Gasteiger partial charge in [0.2, 0.25) is 0 Å². The molecule has 1 aromatic heterocycles. The van der Waals surface area contributed by atoms with Crippen molar-refractivity contribution in [2.75, 3.05) is 13.2 Å². The molecule has 2 fully saturated rings. The van der Waals surface area contributed by atoms with Gasteiger partial charge in [-0.05, 0) is 55.0 Å². The van der Waals surface area contributed by atoms with Gasteiger partial charge in [-0.3, -0.25) is 0 Å². The lowest BCUT2D eigenvalue weighted by molar-refractivity contribution is 0.0829. The summed E-state index contributed by atoms with van der Waals surface area (Å²) in [5.41, 5.74) is 1.27. The number of nitrogens with one attached hydrogen (secondary N) is 1. The van der Waals surface area contributed by atoms with Crippen molar-refractivity contribution in [2.24, 2.45) is 0 Å². The van der Waals surface area contributed by atoms with Gasteiger partial charge in [0.25, 0.3) is 0 Å². The molecule has 0 bridgehead atoms. The van der Waals surface area contributed by atoms with Crippen molar-refractivity contribution in [1.29, 1.82) is 0 Å². The summed E-state index contributed by atoms with van der Waals surface area (Å²) in [5, 5.41) is 7.36. The van der Waals surface area contributed by atoms with Crippen LogP contribution in [0.3, 0.4) is 0 Å². The van der Waals surface area contributed by atoms with E-state index in [-0.39, 0.29) is 24.2 Å². The molecule has 20 heavy (non-hydrogen) atoms. The molecule has 0 saturated carbocycles. The standard InChI is InChI=1S/C15H22N2O2S/c1-11(14-5-3-8-19-14)16-15(18)17-7-2-4-13(17)12-6-9-20-10-12/h6,9-11,13-14H,2-5,7-8H2,1H3,(H,16,18)/t11-,13+,14-/m0/s1. The number of likely N-dealkylation sites (tertiary alicyclic amines) is 1. The van der Waals surface area contributed by atoms with Gasteiger partial charge in [0.05, 0.1) is 18.2 Å². The van der Waals surface area contributed by atoms with Crippen LogP contribution in [-0.4, -0.2) is 36.2 Å². The van der Waals surface area contributed by atoms with E-state index in [1.54, 1.807) is 11.3 Å². The van der Waals surface area contributed by atoms with Gasteiger partial charge >= 0.3 is 6.03 Å². The molecule has 0 aromatic carbocycles. The van der Waals surface area contributed by atoms with Gasteiger partial charge < -0.3 is 15.0 Å². The molecule has 110 valence electrons. The van der Waals surface area contributed by atoms with Crippen molar-refractivity contribution in [1.82, 2.24) is 10.2 Å². The van der Waals surface area contributed by atoms with Crippen LogP contribution in [-0.2, 0) is 4.74 Å². The lowest BCUT2D eigenvalue weighted by Crippen LogP contribution is -2.47. The fraction of sp³-hybridized carbons (Fsp3) is 0.667. The highest BCUT2D eigenvalue weighted by atomic mass is 32.1. The van der Waals surface area contributed by atoms with Gasteiger partial charge in [-0.2, -0.15) is 11.3 Å². The molecule has 3 heterocycles. The topological polar surface area (TPSA) is 41.6 Å². The highest BCUT2D eigenvalue weighted by Gasteiger charge is 2.32. The second-order valence-electron chi connectivity index (χ2n) is 5.70. The fourth-order valence-electron chi connectivity index (χ4n) is 3.19. The highest BCUT2D eigenvalue weighted by molar-refractivity contribution is 7.07. The first-order chi connectivity index (χ1) is 9.75. The molecule has 2 aliphatic heterocycles. The molecular weight excluding hydrogens is 272 g/mol. The number of nitrogens with zero attached hydrogens (tertiary/aromatic N) is 1. The Balaban J connectivity index is 1.61. The quantitative estimate of drug-likeness (QED) is 0.930. The van der Waals surface area contributed by atoms with Crippen molar-refractivity contribution in [3.8, 4) is 0 Å². The highest BCUT2D eigenvalue weighted by Crippen LogP contribution is 2.33. The van der Waals surface area contributed by atoms with Gasteiger partial charge in [0.15, 0.2) is 0 Å². The summed E-state index contributed by atoms with van der Waals surface area (Å²) in [7, 11) is 0. The van der Waals surface area contributed by atoms with Crippen molar-refractivity contribution >= 4 is 17.4 Å². The zero-order chi connectivity index (χ0) is 13.9. The average Bonchev–Trinajstić information content (AvgIpc) is 3.19. The van der Waals surface area contributed by atoms with Crippen LogP contribution < -0.4 is 5.32 Å². The van der Waals surface area contributed by atoms with E-state index in [0.29, 0.717) is 0 Å². The first-order valence-electron chi connectivity index (χ1n) is 7.46. The second kappa shape index (κ2) is 6.14. The Morgan fingerprint density at radius 1 is 1.50 bits per heavy atom. The molecule has 0 spiro atoms. The molecule has 2 aliphatic rings. The number of urea groups is 1. The minimum Gasteiger partial charge on any atom is -0.376 e. The minimum atomic E-state index is 0.0571. The van der Waals surface area contributed by atoms with Gasteiger partial charge in [0, 0.05) is 13.2 Å². The fourth-order valence-corrected chi connectivity index (χ4v) is 3.90. The average molecular weight is 294 g/mol. The Bertz CT molecular complexity index is 443. The van der Waals surface area contributed by atoms with Crippen LogP contribution in [0.1, 0.15) is 44.2 Å². The first-order valence-corrected chi connectivity index (χ1v) is 8.41. The van der Waals surface area contributed by atoms with Crippen molar-refractivity contribution in [3.63, 3.8) is 0 Å². The molecule has 4 nitrogen and oxygen atoms in total. The Kier molecular flexibility index (Phi) is 4.27. The van der Waals surface area contributed by atoms with Crippen molar-refractivity contribution < 1.29 is 9.53 Å². The SMILES string of the molecule is C[C@H](NC(=O)N1CCC[C@@H]1c1ccsc1)[C@@H]1CCCO1. The summed E-state index contributed by atoms with van der Waals surface area (Å²) in [4.78, 5) is 14.5. The molecule has 0 unspecified atom stereocenters. The Hall–Kier alpha value is -1.07. The van der Waals surface area contributed by atoms with E-state index in [1.165, 1.54) is 5.56 Å². The number of ether oxygens (including phenoxy) is 1. The summed E-state index contributed by atoms with van der Waals surface area (Å²) >= 11 is 1.70. The van der Waals surface area contributed by atoms with Crippen LogP contribution in [0, 0.1) is 0 Å². The van der Waals surface area contributed by atoms with Crippen LogP contribution in [0.4, 0.5) is 4.79 Å². The van der Waals surface area contributed by atoms with Crippen LogP contribution in [0.15, 0.2) is 16.8 Å². The molecular formula is C15H22N2O2S. The molecule has 0 aliphatic carbocycles. The maximum Gasteiger partial charge on any atom is 0.318 e. The number of carbonyl (C=O) groups excluding carboxylic acids is 1. The number of thiophene rings is 1. The molecule has 0 radical (unpaired) electrons. The summed E-state index contributed by atoms with van der Waals surface area (Å²) in [6, 6.07) is 2.53. The van der Waals surface area contributed by atoms with E-state index in [0.717, 1.165) is 38.8 Å². The summed E-state index contributed by atoms with van der Waals surface area (Å²) in [5.74, 6) is 0. The Morgan fingerprint density at radius 3 is 3.10 bits per heavy atom. The number of carbonyl (C=O) groups is 1. The van der Waals surface area contributed by atoms with E-state index in [2.05, 4.69) is 22.1 Å². The zero-order valence-corrected chi connectivity index (χ0v) is 12.7. The molecule has 1 aromatic rings.